The third kappa shape index (κ3) is 3.64. The third-order valence-corrected chi connectivity index (χ3v) is 4.35. The van der Waals surface area contributed by atoms with Crippen molar-refractivity contribution in [1.82, 2.24) is 14.9 Å². The number of rotatable bonds is 6. The van der Waals surface area contributed by atoms with Gasteiger partial charge in [-0.2, -0.15) is 0 Å². The average Bonchev–Trinajstić information content (AvgIpc) is 2.92. The normalized spacial score (nSPS) is 11.4. The maximum absolute atomic E-state index is 12.8. The first-order valence-corrected chi connectivity index (χ1v) is 8.62. The highest BCUT2D eigenvalue weighted by Crippen LogP contribution is 2.23. The van der Waals surface area contributed by atoms with Crippen LogP contribution in [0.5, 0.6) is 0 Å². The van der Waals surface area contributed by atoms with E-state index in [4.69, 9.17) is 0 Å². The van der Waals surface area contributed by atoms with Crippen molar-refractivity contribution in [2.24, 2.45) is 5.92 Å². The van der Waals surface area contributed by atoms with E-state index in [1.165, 1.54) is 9.95 Å². The molecule has 0 atom stereocenters. The van der Waals surface area contributed by atoms with E-state index in [1.54, 1.807) is 0 Å². The highest BCUT2D eigenvalue weighted by atomic mass is 32.1. The molecule has 1 amide bonds. The summed E-state index contributed by atoms with van der Waals surface area (Å²) in [6.07, 6.45) is 0. The summed E-state index contributed by atoms with van der Waals surface area (Å²) in [6, 6.07) is 0. The molecule has 7 nitrogen and oxygen atoms in total. The summed E-state index contributed by atoms with van der Waals surface area (Å²) in [7, 11) is 0. The molecule has 8 heteroatoms. The van der Waals surface area contributed by atoms with E-state index in [1.807, 2.05) is 27.7 Å². The van der Waals surface area contributed by atoms with Crippen LogP contribution in [0.4, 0.5) is 0 Å². The Labute approximate surface area is 143 Å². The van der Waals surface area contributed by atoms with Gasteiger partial charge in [0.2, 0.25) is 5.91 Å². The molecule has 2 aromatic heterocycles. The fraction of sp³-hybridized carbons (Fsp3) is 0.500. The molecule has 24 heavy (non-hydrogen) atoms. The Kier molecular flexibility index (Phi) is 5.38. The minimum absolute atomic E-state index is 0.0635. The van der Waals surface area contributed by atoms with Crippen molar-refractivity contribution < 1.29 is 14.7 Å². The number of nitrogens with zero attached hydrogens (tertiary/aromatic N) is 2. The number of thiophene rings is 1. The van der Waals surface area contributed by atoms with E-state index in [0.717, 1.165) is 11.3 Å². The van der Waals surface area contributed by atoms with Crippen molar-refractivity contribution in [3.8, 4) is 0 Å². The van der Waals surface area contributed by atoms with E-state index < -0.39 is 11.5 Å². The third-order valence-electron chi connectivity index (χ3n) is 3.48. The number of carbonyl (C=O) groups excluding carboxylic acids is 1. The molecule has 0 aromatic carbocycles. The molecule has 2 aromatic rings. The van der Waals surface area contributed by atoms with Gasteiger partial charge in [-0.1, -0.05) is 27.7 Å². The Morgan fingerprint density at radius 2 is 2.00 bits per heavy atom. The molecule has 0 aliphatic rings. The van der Waals surface area contributed by atoms with Crippen molar-refractivity contribution in [3.63, 3.8) is 0 Å². The summed E-state index contributed by atoms with van der Waals surface area (Å²) >= 11 is 1.12. The highest BCUT2D eigenvalue weighted by Gasteiger charge is 2.21. The lowest BCUT2D eigenvalue weighted by Gasteiger charge is -2.15. The molecule has 0 radical (unpaired) electrons. The molecule has 0 aliphatic carbocycles. The number of aromatic carboxylic acids is 1. The lowest BCUT2D eigenvalue weighted by Crippen LogP contribution is -2.36. The van der Waals surface area contributed by atoms with Crippen LogP contribution < -0.4 is 10.9 Å². The van der Waals surface area contributed by atoms with Crippen molar-refractivity contribution in [2.75, 3.05) is 6.54 Å². The van der Waals surface area contributed by atoms with Crippen LogP contribution in [0.1, 0.15) is 49.8 Å². The van der Waals surface area contributed by atoms with Crippen LogP contribution in [0.3, 0.4) is 0 Å². The summed E-state index contributed by atoms with van der Waals surface area (Å²) in [5, 5.41) is 13.5. The lowest BCUT2D eigenvalue weighted by molar-refractivity contribution is -0.121. The number of hydrogen-bond acceptors (Lipinski definition) is 5. The number of fused-ring (bicyclic) bond motifs is 1. The molecule has 0 bridgehead atoms. The van der Waals surface area contributed by atoms with Crippen LogP contribution in [0.15, 0.2) is 10.2 Å². The molecule has 2 rings (SSSR count). The van der Waals surface area contributed by atoms with Crippen LogP contribution in [-0.2, 0) is 11.3 Å². The van der Waals surface area contributed by atoms with Crippen LogP contribution in [-0.4, -0.2) is 33.1 Å². The molecule has 0 saturated carbocycles. The van der Waals surface area contributed by atoms with Gasteiger partial charge in [0, 0.05) is 17.8 Å². The predicted octanol–water partition coefficient (Wildman–Crippen LogP) is 2.05. The van der Waals surface area contributed by atoms with Gasteiger partial charge in [-0.15, -0.1) is 11.3 Å². The molecule has 130 valence electrons. The zero-order valence-electron chi connectivity index (χ0n) is 14.1. The number of nitrogens with one attached hydrogen (secondary N) is 1. The average molecular weight is 351 g/mol. The standard InChI is InChI=1S/C16H21N3O4S/c1-8(2)5-17-11(20)6-19-13(9(3)4)18-14-12(15(19)21)10(7-24-14)16(22)23/h7-9H,5-6H2,1-4H3,(H,17,20)(H,22,23). The van der Waals surface area contributed by atoms with Gasteiger partial charge in [0.05, 0.1) is 10.9 Å². The Morgan fingerprint density at radius 3 is 2.54 bits per heavy atom. The van der Waals surface area contributed by atoms with Gasteiger partial charge in [0.25, 0.3) is 5.56 Å². The molecule has 0 unspecified atom stereocenters. The molecule has 0 spiro atoms. The SMILES string of the molecule is CC(C)CNC(=O)Cn1c(C(C)C)nc2scc(C(=O)O)c2c1=O. The van der Waals surface area contributed by atoms with Gasteiger partial charge < -0.3 is 10.4 Å². The first-order valence-electron chi connectivity index (χ1n) is 7.74. The number of carboxylic acids is 1. The predicted molar refractivity (Wildman–Crippen MR) is 92.8 cm³/mol. The quantitative estimate of drug-likeness (QED) is 0.829. The van der Waals surface area contributed by atoms with Gasteiger partial charge in [0.15, 0.2) is 0 Å². The second-order valence-corrected chi connectivity index (χ2v) is 7.21. The van der Waals surface area contributed by atoms with Crippen molar-refractivity contribution >= 4 is 33.4 Å². The Bertz CT molecular complexity index is 836. The van der Waals surface area contributed by atoms with Crippen molar-refractivity contribution in [2.45, 2.75) is 40.2 Å². The largest absolute Gasteiger partial charge is 0.478 e. The van der Waals surface area contributed by atoms with E-state index in [2.05, 4.69) is 10.3 Å². The Hall–Kier alpha value is -2.22. The molecule has 0 fully saturated rings. The minimum atomic E-state index is -1.17. The molecule has 2 heterocycles. The van der Waals surface area contributed by atoms with Gasteiger partial charge in [0.1, 0.15) is 17.2 Å². The van der Waals surface area contributed by atoms with Gasteiger partial charge in [-0.05, 0) is 5.92 Å². The summed E-state index contributed by atoms with van der Waals surface area (Å²) in [4.78, 5) is 41.0. The lowest BCUT2D eigenvalue weighted by atomic mass is 10.1. The zero-order chi connectivity index (χ0) is 18.0. The first-order chi connectivity index (χ1) is 11.2. The van der Waals surface area contributed by atoms with E-state index in [-0.39, 0.29) is 29.3 Å². The first kappa shape index (κ1) is 18.1. The fourth-order valence-corrected chi connectivity index (χ4v) is 3.22. The van der Waals surface area contributed by atoms with E-state index >= 15 is 0 Å². The van der Waals surface area contributed by atoms with Crippen LogP contribution >= 0.6 is 11.3 Å². The molecule has 0 saturated heterocycles. The second-order valence-electron chi connectivity index (χ2n) is 6.35. The zero-order valence-corrected chi connectivity index (χ0v) is 14.9. The van der Waals surface area contributed by atoms with Gasteiger partial charge in [-0.3, -0.25) is 14.2 Å². The summed E-state index contributed by atoms with van der Waals surface area (Å²) in [6.45, 7) is 8.05. The highest BCUT2D eigenvalue weighted by molar-refractivity contribution is 7.17. The van der Waals surface area contributed by atoms with Crippen LogP contribution in [0, 0.1) is 5.92 Å². The number of aromatic nitrogens is 2. The van der Waals surface area contributed by atoms with Crippen molar-refractivity contribution in [1.29, 1.82) is 0 Å². The van der Waals surface area contributed by atoms with Crippen LogP contribution in [0.2, 0.25) is 0 Å². The van der Waals surface area contributed by atoms with E-state index in [9.17, 15) is 19.5 Å². The minimum Gasteiger partial charge on any atom is -0.478 e. The van der Waals surface area contributed by atoms with Crippen molar-refractivity contribution in [3.05, 3.63) is 27.1 Å². The molecular formula is C16H21N3O4S. The monoisotopic (exact) mass is 351 g/mol. The fourth-order valence-electron chi connectivity index (χ4n) is 2.31. The second kappa shape index (κ2) is 7.12. The summed E-state index contributed by atoms with van der Waals surface area (Å²) < 4.78 is 1.28. The number of carboxylic acid groups (broad SMARTS) is 1. The Morgan fingerprint density at radius 1 is 1.33 bits per heavy atom. The Balaban J connectivity index is 2.53. The topological polar surface area (TPSA) is 101 Å². The number of carbonyl (C=O) groups is 2. The molecular weight excluding hydrogens is 330 g/mol. The number of hydrogen-bond donors (Lipinski definition) is 2. The summed E-state index contributed by atoms with van der Waals surface area (Å²) in [5.41, 5.74) is -0.554. The van der Waals surface area contributed by atoms with Crippen LogP contribution in [0.25, 0.3) is 10.2 Å². The number of amides is 1. The smallest absolute Gasteiger partial charge is 0.337 e. The maximum atomic E-state index is 12.8. The van der Waals surface area contributed by atoms with E-state index in [0.29, 0.717) is 23.1 Å². The maximum Gasteiger partial charge on any atom is 0.337 e. The summed E-state index contributed by atoms with van der Waals surface area (Å²) in [5.74, 6) is -0.762. The molecule has 0 aliphatic heterocycles. The van der Waals surface area contributed by atoms with Gasteiger partial charge >= 0.3 is 5.97 Å². The molecule has 2 N–H and O–H groups in total. The van der Waals surface area contributed by atoms with Gasteiger partial charge in [-0.25, -0.2) is 9.78 Å².